The molecule has 0 bridgehead atoms. The Morgan fingerprint density at radius 1 is 1.77 bits per heavy atom. The van der Waals surface area contributed by atoms with Crippen molar-refractivity contribution < 1.29 is 9.90 Å². The minimum Gasteiger partial charge on any atom is -0.504 e. The third-order valence-electron chi connectivity index (χ3n) is 2.09. The van der Waals surface area contributed by atoms with E-state index in [0.717, 1.165) is 6.42 Å². The summed E-state index contributed by atoms with van der Waals surface area (Å²) >= 11 is 0. The number of carbonyl (C=O) groups excluding carboxylic acids is 1. The average Bonchev–Trinajstić information content (AvgIpc) is 2.46. The molecule has 0 fully saturated rings. The minimum atomic E-state index is -0.209. The lowest BCUT2D eigenvalue weighted by atomic mass is 10.3. The van der Waals surface area contributed by atoms with Gasteiger partial charge in [-0.2, -0.15) is 5.10 Å². The summed E-state index contributed by atoms with van der Waals surface area (Å²) in [6, 6.07) is 0.207. The molecule has 1 aromatic rings. The number of carbonyl (C=O) groups is 1. The summed E-state index contributed by atoms with van der Waals surface area (Å²) in [6.45, 7) is 5.40. The molecule has 1 atom stereocenters. The smallest absolute Gasteiger partial charge is 0.183 e. The van der Waals surface area contributed by atoms with Gasteiger partial charge < -0.3 is 5.11 Å². The van der Waals surface area contributed by atoms with Gasteiger partial charge in [0.1, 0.15) is 0 Å². The molecular formula is C9H14N2O2. The summed E-state index contributed by atoms with van der Waals surface area (Å²) in [4.78, 5) is 11.0. The highest BCUT2D eigenvalue weighted by Crippen LogP contribution is 2.19. The van der Waals surface area contributed by atoms with E-state index in [1.807, 2.05) is 13.8 Å². The molecule has 0 aliphatic carbocycles. The zero-order chi connectivity index (χ0) is 10.0. The number of Topliss-reactive ketones (excluding diaryl/α,β-unsaturated/α-hetero) is 1. The van der Waals surface area contributed by atoms with E-state index in [4.69, 9.17) is 0 Å². The van der Waals surface area contributed by atoms with Crippen molar-refractivity contribution in [1.82, 2.24) is 9.78 Å². The molecule has 0 radical (unpaired) electrons. The Balaban J connectivity index is 3.01. The highest BCUT2D eigenvalue weighted by molar-refractivity contribution is 5.94. The topological polar surface area (TPSA) is 55.1 Å². The number of aromatic hydroxyl groups is 1. The van der Waals surface area contributed by atoms with Crippen molar-refractivity contribution in [3.63, 3.8) is 0 Å². The van der Waals surface area contributed by atoms with Gasteiger partial charge in [0.2, 0.25) is 0 Å². The second kappa shape index (κ2) is 3.60. The van der Waals surface area contributed by atoms with Crippen molar-refractivity contribution in [2.24, 2.45) is 0 Å². The molecule has 4 heteroatoms. The van der Waals surface area contributed by atoms with Crippen LogP contribution in [0, 0.1) is 0 Å². The third-order valence-corrected chi connectivity index (χ3v) is 2.09. The van der Waals surface area contributed by atoms with Gasteiger partial charge in [-0.05, 0) is 13.3 Å². The summed E-state index contributed by atoms with van der Waals surface area (Å²) in [5.41, 5.74) is 0.153. The van der Waals surface area contributed by atoms with Crippen molar-refractivity contribution in [2.45, 2.75) is 33.2 Å². The predicted molar refractivity (Wildman–Crippen MR) is 48.9 cm³/mol. The van der Waals surface area contributed by atoms with Crippen LogP contribution < -0.4 is 0 Å². The zero-order valence-electron chi connectivity index (χ0n) is 8.11. The van der Waals surface area contributed by atoms with Crippen LogP contribution in [0.3, 0.4) is 0 Å². The summed E-state index contributed by atoms with van der Waals surface area (Å²) in [5.74, 6) is -0.243. The molecule has 72 valence electrons. The number of hydrogen-bond acceptors (Lipinski definition) is 3. The first kappa shape index (κ1) is 9.77. The molecule has 0 amide bonds. The summed E-state index contributed by atoms with van der Waals surface area (Å²) in [5, 5.41) is 13.3. The largest absolute Gasteiger partial charge is 0.504 e. The Labute approximate surface area is 77.2 Å². The molecule has 0 aliphatic rings. The van der Waals surface area contributed by atoms with Gasteiger partial charge in [0.25, 0.3) is 0 Å². The molecule has 1 heterocycles. The SMILES string of the molecule is CCC(C)n1cc(O)c(C(C)=O)n1. The van der Waals surface area contributed by atoms with E-state index in [-0.39, 0.29) is 23.3 Å². The molecule has 4 nitrogen and oxygen atoms in total. The minimum absolute atomic E-state index is 0.0344. The third kappa shape index (κ3) is 1.88. The lowest BCUT2D eigenvalue weighted by Gasteiger charge is -2.07. The normalized spacial score (nSPS) is 12.8. The van der Waals surface area contributed by atoms with E-state index < -0.39 is 0 Å². The fourth-order valence-electron chi connectivity index (χ4n) is 1.05. The van der Waals surface area contributed by atoms with E-state index in [1.54, 1.807) is 4.68 Å². The Bertz CT molecular complexity index is 317. The Hall–Kier alpha value is -1.32. The van der Waals surface area contributed by atoms with Crippen LogP contribution in [0.5, 0.6) is 5.75 Å². The molecule has 0 spiro atoms. The number of rotatable bonds is 3. The van der Waals surface area contributed by atoms with Gasteiger partial charge in [-0.15, -0.1) is 0 Å². The van der Waals surface area contributed by atoms with Crippen molar-refractivity contribution in [2.75, 3.05) is 0 Å². The summed E-state index contributed by atoms with van der Waals surface area (Å²) in [7, 11) is 0. The van der Waals surface area contributed by atoms with Crippen LogP contribution in [-0.4, -0.2) is 20.7 Å². The monoisotopic (exact) mass is 182 g/mol. The van der Waals surface area contributed by atoms with Crippen molar-refractivity contribution in [1.29, 1.82) is 0 Å². The van der Waals surface area contributed by atoms with Gasteiger partial charge in [-0.1, -0.05) is 6.92 Å². The lowest BCUT2D eigenvalue weighted by Crippen LogP contribution is -2.05. The van der Waals surface area contributed by atoms with Gasteiger partial charge >= 0.3 is 0 Å². The van der Waals surface area contributed by atoms with Crippen LogP contribution in [0.1, 0.15) is 43.7 Å². The number of hydrogen-bond donors (Lipinski definition) is 1. The quantitative estimate of drug-likeness (QED) is 0.725. The van der Waals surface area contributed by atoms with Crippen LogP contribution in [0.15, 0.2) is 6.20 Å². The second-order valence-corrected chi connectivity index (χ2v) is 3.16. The molecule has 1 N–H and O–H groups in total. The summed E-state index contributed by atoms with van der Waals surface area (Å²) in [6.07, 6.45) is 2.41. The average molecular weight is 182 g/mol. The molecular weight excluding hydrogens is 168 g/mol. The summed E-state index contributed by atoms with van der Waals surface area (Å²) < 4.78 is 1.62. The Morgan fingerprint density at radius 3 is 2.77 bits per heavy atom. The fraction of sp³-hybridized carbons (Fsp3) is 0.556. The van der Waals surface area contributed by atoms with E-state index in [1.165, 1.54) is 13.1 Å². The van der Waals surface area contributed by atoms with Crippen LogP contribution in [0.25, 0.3) is 0 Å². The van der Waals surface area contributed by atoms with Crippen LogP contribution in [0.4, 0.5) is 0 Å². The number of nitrogens with zero attached hydrogens (tertiary/aromatic N) is 2. The fourth-order valence-corrected chi connectivity index (χ4v) is 1.05. The zero-order valence-corrected chi connectivity index (χ0v) is 8.11. The first-order chi connectivity index (χ1) is 6.06. The van der Waals surface area contributed by atoms with Gasteiger partial charge in [-0.3, -0.25) is 9.48 Å². The van der Waals surface area contributed by atoms with Gasteiger partial charge in [0.05, 0.1) is 6.20 Å². The van der Waals surface area contributed by atoms with Crippen LogP contribution in [-0.2, 0) is 0 Å². The van der Waals surface area contributed by atoms with Gasteiger partial charge in [0, 0.05) is 13.0 Å². The lowest BCUT2D eigenvalue weighted by molar-refractivity contribution is 0.100. The number of aromatic nitrogens is 2. The van der Waals surface area contributed by atoms with Crippen molar-refractivity contribution in [3.8, 4) is 5.75 Å². The molecule has 13 heavy (non-hydrogen) atoms. The standard InChI is InChI=1S/C9H14N2O2/c1-4-6(2)11-5-8(13)9(10-11)7(3)12/h5-6,13H,4H2,1-3H3. The highest BCUT2D eigenvalue weighted by atomic mass is 16.3. The first-order valence-corrected chi connectivity index (χ1v) is 4.35. The van der Waals surface area contributed by atoms with E-state index in [2.05, 4.69) is 5.10 Å². The molecule has 1 unspecified atom stereocenters. The van der Waals surface area contributed by atoms with Gasteiger partial charge in [0.15, 0.2) is 17.2 Å². The van der Waals surface area contributed by atoms with Crippen LogP contribution >= 0.6 is 0 Å². The van der Waals surface area contributed by atoms with Crippen LogP contribution in [0.2, 0.25) is 0 Å². The molecule has 0 aromatic carbocycles. The number of ketones is 1. The molecule has 0 saturated heterocycles. The Morgan fingerprint density at radius 2 is 2.38 bits per heavy atom. The maximum Gasteiger partial charge on any atom is 0.183 e. The maximum atomic E-state index is 11.0. The molecule has 0 aliphatic heterocycles. The van der Waals surface area contributed by atoms with Gasteiger partial charge in [-0.25, -0.2) is 0 Å². The predicted octanol–water partition coefficient (Wildman–Crippen LogP) is 1.76. The van der Waals surface area contributed by atoms with E-state index >= 15 is 0 Å². The molecule has 0 saturated carbocycles. The maximum absolute atomic E-state index is 11.0. The highest BCUT2D eigenvalue weighted by Gasteiger charge is 2.13. The van der Waals surface area contributed by atoms with Crippen molar-refractivity contribution in [3.05, 3.63) is 11.9 Å². The Kier molecular flexibility index (Phi) is 2.70. The molecule has 1 rings (SSSR count). The van der Waals surface area contributed by atoms with E-state index in [9.17, 15) is 9.90 Å². The van der Waals surface area contributed by atoms with E-state index in [0.29, 0.717) is 0 Å². The first-order valence-electron chi connectivity index (χ1n) is 4.35. The van der Waals surface area contributed by atoms with Crippen molar-refractivity contribution >= 4 is 5.78 Å². The second-order valence-electron chi connectivity index (χ2n) is 3.16. The molecule has 1 aromatic heterocycles.